The molecule has 10 nitrogen and oxygen atoms in total. The number of aromatic nitrogens is 4. The molecule has 0 aliphatic carbocycles. The van der Waals surface area contributed by atoms with E-state index >= 15 is 0 Å². The van der Waals surface area contributed by atoms with Crippen LogP contribution in [0.3, 0.4) is 0 Å². The van der Waals surface area contributed by atoms with Crippen LogP contribution in [0.25, 0.3) is 0 Å². The van der Waals surface area contributed by atoms with E-state index in [4.69, 9.17) is 0 Å². The molecule has 1 saturated heterocycles. The number of hydrogen-bond acceptors (Lipinski definition) is 9. The molecule has 44 heavy (non-hydrogen) atoms. The van der Waals surface area contributed by atoms with Gasteiger partial charge in [-0.3, -0.25) is 9.59 Å². The Kier molecular flexibility index (Phi) is 11.1. The monoisotopic (exact) mass is 611 g/mol. The van der Waals surface area contributed by atoms with Crippen LogP contribution < -0.4 is 10.6 Å². The number of nitrogens with zero attached hydrogens (tertiary/aromatic N) is 5. The molecule has 0 radical (unpaired) electrons. The van der Waals surface area contributed by atoms with Crippen LogP contribution in [0.4, 0.5) is 10.9 Å². The van der Waals surface area contributed by atoms with Gasteiger partial charge in [0.15, 0.2) is 0 Å². The van der Waals surface area contributed by atoms with Gasteiger partial charge in [0.2, 0.25) is 16.9 Å². The topological polar surface area (TPSA) is 130 Å². The molecule has 11 heteroatoms. The number of nitrogens with one attached hydrogen (secondary N) is 2. The minimum absolute atomic E-state index is 0.147. The zero-order valence-electron chi connectivity index (χ0n) is 24.7. The van der Waals surface area contributed by atoms with Crippen molar-refractivity contribution in [2.75, 3.05) is 30.3 Å². The molecule has 2 N–H and O–H groups in total. The number of rotatable bonds is 15. The molecule has 1 aliphatic heterocycles. The summed E-state index contributed by atoms with van der Waals surface area (Å²) >= 11 is 1.39. The second-order valence-electron chi connectivity index (χ2n) is 11.0. The third-order valence-corrected chi connectivity index (χ3v) is 8.47. The van der Waals surface area contributed by atoms with Gasteiger partial charge >= 0.3 is 0 Å². The molecule has 1 unspecified atom stereocenters. The summed E-state index contributed by atoms with van der Waals surface area (Å²) in [5.41, 5.74) is 3.66. The molecule has 2 amide bonds. The van der Waals surface area contributed by atoms with Crippen molar-refractivity contribution in [3.63, 3.8) is 0 Å². The van der Waals surface area contributed by atoms with Crippen LogP contribution in [-0.4, -0.2) is 63.0 Å². The summed E-state index contributed by atoms with van der Waals surface area (Å²) in [4.78, 5) is 38.5. The Hall–Kier alpha value is -4.51. The number of carbonyl (C=O) groups is 3. The number of benzene rings is 2. The zero-order chi connectivity index (χ0) is 30.6. The second-order valence-corrected chi connectivity index (χ2v) is 12.0. The van der Waals surface area contributed by atoms with E-state index in [0.717, 1.165) is 85.3 Å². The van der Waals surface area contributed by atoms with Crippen LogP contribution in [0.1, 0.15) is 59.0 Å². The van der Waals surface area contributed by atoms with E-state index in [1.165, 1.54) is 11.3 Å². The number of carbonyl (C=O) groups excluding carboxylic acids is 3. The van der Waals surface area contributed by atoms with Crippen molar-refractivity contribution in [2.45, 2.75) is 57.3 Å². The lowest BCUT2D eigenvalue weighted by atomic mass is 10.0. The third-order valence-electron chi connectivity index (χ3n) is 7.57. The molecule has 0 spiro atoms. The Morgan fingerprint density at radius 3 is 2.39 bits per heavy atom. The molecule has 4 aromatic rings. The van der Waals surface area contributed by atoms with Crippen molar-refractivity contribution < 1.29 is 14.4 Å². The van der Waals surface area contributed by atoms with Crippen molar-refractivity contribution in [3.8, 4) is 0 Å². The molecular formula is C33H37N7O3S. The summed E-state index contributed by atoms with van der Waals surface area (Å²) in [5, 5.41) is 24.3. The predicted molar refractivity (Wildman–Crippen MR) is 171 cm³/mol. The van der Waals surface area contributed by atoms with Crippen molar-refractivity contribution in [2.24, 2.45) is 0 Å². The molecule has 0 bridgehead atoms. The first-order valence-electron chi connectivity index (χ1n) is 15.1. The fraction of sp³-hybridized carbons (Fsp3) is 0.364. The van der Waals surface area contributed by atoms with Gasteiger partial charge in [0, 0.05) is 26.1 Å². The SMILES string of the molecule is O=CC(CNc1ccc(CCCCc2nnc(NC(=O)Cc3cccc(CC(=O)N4CCCC4)c3)s2)nn1)c1ccccc1. The van der Waals surface area contributed by atoms with E-state index in [0.29, 0.717) is 23.9 Å². The molecule has 228 valence electrons. The molecule has 2 aromatic carbocycles. The van der Waals surface area contributed by atoms with Gasteiger partial charge < -0.3 is 20.3 Å². The molecule has 2 aromatic heterocycles. The Morgan fingerprint density at radius 1 is 0.864 bits per heavy atom. The Bertz CT molecular complexity index is 1520. The zero-order valence-corrected chi connectivity index (χ0v) is 25.5. The lowest BCUT2D eigenvalue weighted by Crippen LogP contribution is -2.29. The molecule has 1 atom stereocenters. The summed E-state index contributed by atoms with van der Waals surface area (Å²) < 4.78 is 0. The third kappa shape index (κ3) is 9.24. The number of unbranched alkanes of at least 4 members (excludes halogenated alkanes) is 1. The predicted octanol–water partition coefficient (Wildman–Crippen LogP) is 4.63. The van der Waals surface area contributed by atoms with E-state index < -0.39 is 0 Å². The quantitative estimate of drug-likeness (QED) is 0.147. The van der Waals surface area contributed by atoms with Crippen molar-refractivity contribution >= 4 is 40.4 Å². The summed E-state index contributed by atoms with van der Waals surface area (Å²) in [7, 11) is 0. The Morgan fingerprint density at radius 2 is 1.64 bits per heavy atom. The van der Waals surface area contributed by atoms with Gasteiger partial charge in [-0.2, -0.15) is 5.10 Å². The van der Waals surface area contributed by atoms with Crippen LogP contribution in [0.15, 0.2) is 66.7 Å². The minimum Gasteiger partial charge on any atom is -0.368 e. The molecular weight excluding hydrogens is 574 g/mol. The van der Waals surface area contributed by atoms with E-state index in [1.54, 1.807) is 0 Å². The maximum absolute atomic E-state index is 12.6. The fourth-order valence-corrected chi connectivity index (χ4v) is 5.98. The van der Waals surface area contributed by atoms with E-state index in [2.05, 4.69) is 31.0 Å². The molecule has 5 rings (SSSR count). The van der Waals surface area contributed by atoms with Gasteiger partial charge in [0.25, 0.3) is 0 Å². The van der Waals surface area contributed by atoms with Crippen molar-refractivity contribution in [3.05, 3.63) is 94.1 Å². The van der Waals surface area contributed by atoms with Gasteiger partial charge in [0.05, 0.1) is 24.5 Å². The lowest BCUT2D eigenvalue weighted by molar-refractivity contribution is -0.129. The van der Waals surface area contributed by atoms with Gasteiger partial charge in [-0.1, -0.05) is 65.9 Å². The second kappa shape index (κ2) is 15.8. The highest BCUT2D eigenvalue weighted by molar-refractivity contribution is 7.15. The minimum atomic E-state index is -0.244. The molecule has 3 heterocycles. The smallest absolute Gasteiger partial charge is 0.230 e. The van der Waals surface area contributed by atoms with Crippen molar-refractivity contribution in [1.82, 2.24) is 25.3 Å². The van der Waals surface area contributed by atoms with Crippen molar-refractivity contribution in [1.29, 1.82) is 0 Å². The molecule has 1 aliphatic rings. The standard InChI is InChI=1S/C33H37N7O3S/c41-23-27(26-11-2-1-3-12-26)22-34-29-16-15-28(36-37-29)13-4-5-14-31-38-39-33(44-31)35-30(42)20-24-9-8-10-25(19-24)21-32(43)40-17-6-7-18-40/h1-3,8-12,15-16,19,23,27H,4-7,13-14,17-18,20-22H2,(H,34,37)(H,35,39,42). The first kappa shape index (κ1) is 30.9. The molecule has 1 fully saturated rings. The number of hydrogen-bond donors (Lipinski definition) is 2. The first-order chi connectivity index (χ1) is 21.6. The molecule has 0 saturated carbocycles. The van der Waals surface area contributed by atoms with Gasteiger partial charge in [0.1, 0.15) is 17.1 Å². The fourth-order valence-electron chi connectivity index (χ4n) is 5.19. The van der Waals surface area contributed by atoms with E-state index in [-0.39, 0.29) is 24.2 Å². The maximum Gasteiger partial charge on any atom is 0.230 e. The Labute approximate surface area is 261 Å². The lowest BCUT2D eigenvalue weighted by Gasteiger charge is -2.15. The average molecular weight is 612 g/mol. The Balaban J connectivity index is 0.998. The maximum atomic E-state index is 12.6. The summed E-state index contributed by atoms with van der Waals surface area (Å²) in [5.74, 6) is 0.383. The highest BCUT2D eigenvalue weighted by Crippen LogP contribution is 2.19. The van der Waals surface area contributed by atoms with E-state index in [9.17, 15) is 14.4 Å². The number of amides is 2. The normalized spacial score (nSPS) is 13.4. The van der Waals surface area contributed by atoms with Gasteiger partial charge in [-0.15, -0.1) is 15.3 Å². The first-order valence-corrected chi connectivity index (χ1v) is 15.9. The average Bonchev–Trinajstić information content (AvgIpc) is 3.74. The van der Waals surface area contributed by atoms with Gasteiger partial charge in [-0.25, -0.2) is 0 Å². The van der Waals surface area contributed by atoms with Crippen LogP contribution in [0.2, 0.25) is 0 Å². The van der Waals surface area contributed by atoms with Crippen LogP contribution in [-0.2, 0) is 40.1 Å². The highest BCUT2D eigenvalue weighted by atomic mass is 32.1. The number of likely N-dealkylation sites (tertiary alicyclic amines) is 1. The largest absolute Gasteiger partial charge is 0.368 e. The van der Waals surface area contributed by atoms with Gasteiger partial charge in [-0.05, 0) is 60.9 Å². The van der Waals surface area contributed by atoms with E-state index in [1.807, 2.05) is 71.6 Å². The summed E-state index contributed by atoms with van der Waals surface area (Å²) in [6.45, 7) is 2.14. The van der Waals surface area contributed by atoms with Crippen LogP contribution in [0, 0.1) is 0 Å². The van der Waals surface area contributed by atoms with Crippen LogP contribution >= 0.6 is 11.3 Å². The summed E-state index contributed by atoms with van der Waals surface area (Å²) in [6.07, 6.45) is 7.04. The summed E-state index contributed by atoms with van der Waals surface area (Å²) in [6, 6.07) is 21.2. The number of aldehydes is 1. The van der Waals surface area contributed by atoms with Crippen LogP contribution in [0.5, 0.6) is 0 Å². The number of anilines is 2. The number of aryl methyl sites for hydroxylation is 2. The highest BCUT2D eigenvalue weighted by Gasteiger charge is 2.18.